The maximum atomic E-state index is 10.9. The zero-order valence-corrected chi connectivity index (χ0v) is 8.37. The molecule has 0 aromatic rings. The standard InChI is InChI=1S/C7H15N3OS/c1-4(2)5(6(8)12)10-7(11)9-3/h4-5H,1-3H3,(H2,8,12)(H2,9,10,11). The molecule has 1 atom stereocenters. The Morgan fingerprint density at radius 3 is 2.25 bits per heavy atom. The molecule has 0 aliphatic rings. The number of carbonyl (C=O) groups excluding carboxylic acids is 1. The van der Waals surface area contributed by atoms with Gasteiger partial charge in [-0.15, -0.1) is 0 Å². The van der Waals surface area contributed by atoms with E-state index < -0.39 is 0 Å². The molecule has 4 nitrogen and oxygen atoms in total. The molecule has 0 bridgehead atoms. The van der Waals surface area contributed by atoms with E-state index in [1.807, 2.05) is 13.8 Å². The van der Waals surface area contributed by atoms with Crippen molar-refractivity contribution in [2.45, 2.75) is 19.9 Å². The highest BCUT2D eigenvalue weighted by Gasteiger charge is 2.17. The summed E-state index contributed by atoms with van der Waals surface area (Å²) in [4.78, 5) is 11.2. The molecular weight excluding hydrogens is 174 g/mol. The first-order chi connectivity index (χ1) is 5.49. The fourth-order valence-electron chi connectivity index (χ4n) is 0.780. The molecule has 0 radical (unpaired) electrons. The second-order valence-electron chi connectivity index (χ2n) is 2.85. The molecule has 0 aliphatic carbocycles. The predicted molar refractivity (Wildman–Crippen MR) is 53.0 cm³/mol. The quantitative estimate of drug-likeness (QED) is 0.557. The lowest BCUT2D eigenvalue weighted by Gasteiger charge is -2.20. The summed E-state index contributed by atoms with van der Waals surface area (Å²) in [7, 11) is 1.55. The van der Waals surface area contributed by atoms with Gasteiger partial charge in [0, 0.05) is 7.05 Å². The van der Waals surface area contributed by atoms with Crippen molar-refractivity contribution in [3.63, 3.8) is 0 Å². The maximum absolute atomic E-state index is 10.9. The normalized spacial score (nSPS) is 12.3. The Balaban J connectivity index is 4.14. The zero-order valence-electron chi connectivity index (χ0n) is 7.55. The number of nitrogens with one attached hydrogen (secondary N) is 2. The number of urea groups is 1. The Hall–Kier alpha value is -0.840. The monoisotopic (exact) mass is 189 g/mol. The van der Waals surface area contributed by atoms with Crippen LogP contribution in [0.15, 0.2) is 0 Å². The Morgan fingerprint density at radius 1 is 1.50 bits per heavy atom. The van der Waals surface area contributed by atoms with E-state index in [2.05, 4.69) is 10.6 Å². The lowest BCUT2D eigenvalue weighted by Crippen LogP contribution is -2.49. The molecular formula is C7H15N3OS. The van der Waals surface area contributed by atoms with Gasteiger partial charge in [0.15, 0.2) is 0 Å². The second-order valence-corrected chi connectivity index (χ2v) is 3.32. The van der Waals surface area contributed by atoms with Crippen LogP contribution in [0.1, 0.15) is 13.8 Å². The van der Waals surface area contributed by atoms with Crippen molar-refractivity contribution >= 4 is 23.2 Å². The average Bonchev–Trinajstić information content (AvgIpc) is 1.98. The Kier molecular flexibility index (Phi) is 4.58. The molecule has 1 unspecified atom stereocenters. The van der Waals surface area contributed by atoms with E-state index in [0.29, 0.717) is 4.99 Å². The van der Waals surface area contributed by atoms with E-state index in [0.717, 1.165) is 0 Å². The van der Waals surface area contributed by atoms with E-state index in [1.165, 1.54) is 0 Å². The van der Waals surface area contributed by atoms with Gasteiger partial charge in [0.1, 0.15) is 0 Å². The molecule has 0 heterocycles. The van der Waals surface area contributed by atoms with Crippen molar-refractivity contribution in [3.05, 3.63) is 0 Å². The van der Waals surface area contributed by atoms with Crippen molar-refractivity contribution in [1.29, 1.82) is 0 Å². The van der Waals surface area contributed by atoms with Crippen LogP contribution >= 0.6 is 12.2 Å². The van der Waals surface area contributed by atoms with Gasteiger partial charge >= 0.3 is 6.03 Å². The first kappa shape index (κ1) is 11.2. The molecule has 0 rings (SSSR count). The fourth-order valence-corrected chi connectivity index (χ4v) is 1.11. The van der Waals surface area contributed by atoms with Crippen LogP contribution < -0.4 is 16.4 Å². The van der Waals surface area contributed by atoms with Crippen molar-refractivity contribution in [2.75, 3.05) is 7.05 Å². The molecule has 0 spiro atoms. The van der Waals surface area contributed by atoms with E-state index in [-0.39, 0.29) is 18.0 Å². The van der Waals surface area contributed by atoms with Crippen LogP contribution in [0.3, 0.4) is 0 Å². The summed E-state index contributed by atoms with van der Waals surface area (Å²) in [5.74, 6) is 0.208. The lowest BCUT2D eigenvalue weighted by atomic mass is 10.1. The molecule has 70 valence electrons. The van der Waals surface area contributed by atoms with E-state index in [1.54, 1.807) is 7.05 Å². The average molecular weight is 189 g/mol. The van der Waals surface area contributed by atoms with Gasteiger partial charge in [0.2, 0.25) is 0 Å². The summed E-state index contributed by atoms with van der Waals surface area (Å²) in [6, 6.07) is -0.499. The van der Waals surface area contributed by atoms with E-state index in [9.17, 15) is 4.79 Å². The number of thiocarbonyl (C=S) groups is 1. The second kappa shape index (κ2) is 4.92. The van der Waals surface area contributed by atoms with Gasteiger partial charge in [0.25, 0.3) is 0 Å². The number of nitrogens with two attached hydrogens (primary N) is 1. The lowest BCUT2D eigenvalue weighted by molar-refractivity contribution is 0.239. The number of hydrogen-bond donors (Lipinski definition) is 3. The van der Waals surface area contributed by atoms with Gasteiger partial charge in [-0.1, -0.05) is 26.1 Å². The van der Waals surface area contributed by atoms with Crippen LogP contribution in [0.25, 0.3) is 0 Å². The fraction of sp³-hybridized carbons (Fsp3) is 0.714. The van der Waals surface area contributed by atoms with E-state index >= 15 is 0 Å². The number of hydrogen-bond acceptors (Lipinski definition) is 2. The van der Waals surface area contributed by atoms with Crippen molar-refractivity contribution in [3.8, 4) is 0 Å². The smallest absolute Gasteiger partial charge is 0.315 e. The third-order valence-electron chi connectivity index (χ3n) is 1.49. The van der Waals surface area contributed by atoms with Gasteiger partial charge in [-0.2, -0.15) is 0 Å². The molecule has 0 aromatic heterocycles. The minimum absolute atomic E-state index is 0.208. The Morgan fingerprint density at radius 2 is 2.00 bits per heavy atom. The first-order valence-electron chi connectivity index (χ1n) is 3.76. The molecule has 0 aliphatic heterocycles. The summed E-state index contributed by atoms with van der Waals surface area (Å²) >= 11 is 4.79. The molecule has 0 saturated carbocycles. The van der Waals surface area contributed by atoms with Gasteiger partial charge in [-0.3, -0.25) is 0 Å². The van der Waals surface area contributed by atoms with Crippen LogP contribution in [0, 0.1) is 5.92 Å². The number of rotatable bonds is 3. The predicted octanol–water partition coefficient (Wildman–Crippen LogP) is 0.226. The minimum Gasteiger partial charge on any atom is -0.392 e. The SMILES string of the molecule is CNC(=O)NC(C(N)=S)C(C)C. The third kappa shape index (κ3) is 3.52. The first-order valence-corrected chi connectivity index (χ1v) is 4.17. The number of amides is 2. The van der Waals surface area contributed by atoms with Crippen molar-refractivity contribution in [1.82, 2.24) is 10.6 Å². The highest BCUT2D eigenvalue weighted by Crippen LogP contribution is 2.01. The third-order valence-corrected chi connectivity index (χ3v) is 1.74. The molecule has 0 saturated heterocycles. The molecule has 0 fully saturated rings. The van der Waals surface area contributed by atoms with Crippen LogP contribution in [0.4, 0.5) is 4.79 Å². The van der Waals surface area contributed by atoms with Gasteiger partial charge < -0.3 is 16.4 Å². The summed E-state index contributed by atoms with van der Waals surface area (Å²) in [6.07, 6.45) is 0. The van der Waals surface area contributed by atoms with Gasteiger partial charge in [-0.25, -0.2) is 4.79 Å². The topological polar surface area (TPSA) is 67.2 Å². The van der Waals surface area contributed by atoms with Gasteiger partial charge in [0.05, 0.1) is 11.0 Å². The van der Waals surface area contributed by atoms with Crippen LogP contribution in [0.2, 0.25) is 0 Å². The van der Waals surface area contributed by atoms with Crippen LogP contribution in [-0.4, -0.2) is 24.1 Å². The Labute approximate surface area is 77.9 Å². The zero-order chi connectivity index (χ0) is 9.72. The molecule has 0 aromatic carbocycles. The maximum Gasteiger partial charge on any atom is 0.315 e. The van der Waals surface area contributed by atoms with Gasteiger partial charge in [-0.05, 0) is 5.92 Å². The highest BCUT2D eigenvalue weighted by atomic mass is 32.1. The van der Waals surface area contributed by atoms with Crippen LogP contribution in [-0.2, 0) is 0 Å². The van der Waals surface area contributed by atoms with E-state index in [4.69, 9.17) is 18.0 Å². The Bertz CT molecular complexity index is 181. The highest BCUT2D eigenvalue weighted by molar-refractivity contribution is 7.80. The summed E-state index contributed by atoms with van der Waals surface area (Å²) in [5.41, 5.74) is 5.43. The molecule has 12 heavy (non-hydrogen) atoms. The van der Waals surface area contributed by atoms with Crippen LogP contribution in [0.5, 0.6) is 0 Å². The summed E-state index contributed by atoms with van der Waals surface area (Å²) < 4.78 is 0. The van der Waals surface area contributed by atoms with Crippen molar-refractivity contribution in [2.24, 2.45) is 11.7 Å². The summed E-state index contributed by atoms with van der Waals surface area (Å²) in [6.45, 7) is 3.89. The molecule has 4 N–H and O–H groups in total. The van der Waals surface area contributed by atoms with Crippen molar-refractivity contribution < 1.29 is 4.79 Å². The number of carbonyl (C=O) groups is 1. The minimum atomic E-state index is -0.263. The largest absolute Gasteiger partial charge is 0.392 e. The molecule has 2 amide bonds. The summed E-state index contributed by atoms with van der Waals surface area (Å²) in [5, 5.41) is 5.09. The molecule has 5 heteroatoms.